The minimum absolute atomic E-state index is 0.278. The predicted octanol–water partition coefficient (Wildman–Crippen LogP) is 2.24. The van der Waals surface area contributed by atoms with Gasteiger partial charge in [-0.3, -0.25) is 4.79 Å². The van der Waals surface area contributed by atoms with Crippen molar-refractivity contribution in [3.8, 4) is 0 Å². The maximum atomic E-state index is 11.1. The van der Waals surface area contributed by atoms with E-state index in [1.165, 1.54) is 18.4 Å². The van der Waals surface area contributed by atoms with Crippen LogP contribution in [0.3, 0.4) is 0 Å². The zero-order valence-electron chi connectivity index (χ0n) is 6.55. The second-order valence-corrected chi connectivity index (χ2v) is 3.32. The van der Waals surface area contributed by atoms with Crippen molar-refractivity contribution >= 4 is 5.78 Å². The Balaban J connectivity index is 2.29. The van der Waals surface area contributed by atoms with Gasteiger partial charge in [0.25, 0.3) is 0 Å². The molecule has 0 radical (unpaired) electrons. The number of rotatable bonds is 0. The van der Waals surface area contributed by atoms with Gasteiger partial charge in [-0.05, 0) is 31.3 Å². The fourth-order valence-corrected chi connectivity index (χ4v) is 1.91. The van der Waals surface area contributed by atoms with Crippen LogP contribution in [-0.2, 0) is 4.79 Å². The van der Waals surface area contributed by atoms with Crippen molar-refractivity contribution in [3.05, 3.63) is 23.8 Å². The van der Waals surface area contributed by atoms with Crippen LogP contribution in [0.2, 0.25) is 0 Å². The average molecular weight is 148 g/mol. The van der Waals surface area contributed by atoms with Gasteiger partial charge in [0.2, 0.25) is 0 Å². The molecule has 58 valence electrons. The Hall–Kier alpha value is -0.850. The predicted molar refractivity (Wildman–Crippen MR) is 44.2 cm³/mol. The molecule has 0 amide bonds. The van der Waals surface area contributed by atoms with Gasteiger partial charge >= 0.3 is 0 Å². The van der Waals surface area contributed by atoms with E-state index in [4.69, 9.17) is 0 Å². The molecule has 0 aliphatic heterocycles. The Morgan fingerprint density at radius 3 is 3.27 bits per heavy atom. The average Bonchev–Trinajstić information content (AvgIpc) is 2.31. The molecule has 0 saturated heterocycles. The van der Waals surface area contributed by atoms with E-state index in [2.05, 4.69) is 6.08 Å². The fraction of sp³-hybridized carbons (Fsp3) is 0.500. The number of fused-ring (bicyclic) bond motifs is 1. The minimum atomic E-state index is 0.278. The third-order valence-corrected chi connectivity index (χ3v) is 2.49. The summed E-state index contributed by atoms with van der Waals surface area (Å²) in [5.74, 6) is 0.877. The first-order valence-corrected chi connectivity index (χ1v) is 4.26. The first-order valence-electron chi connectivity index (χ1n) is 4.26. The molecule has 0 aromatic carbocycles. The molecular formula is C10H12O. The Labute approximate surface area is 66.8 Å². The van der Waals surface area contributed by atoms with Crippen LogP contribution in [0.1, 0.15) is 25.7 Å². The molecule has 0 heterocycles. The Morgan fingerprint density at radius 1 is 1.45 bits per heavy atom. The number of ketones is 1. The highest BCUT2D eigenvalue weighted by molar-refractivity contribution is 5.92. The molecule has 0 bridgehead atoms. The summed E-state index contributed by atoms with van der Waals surface area (Å²) in [6.45, 7) is 0. The van der Waals surface area contributed by atoms with E-state index in [0.29, 0.717) is 12.3 Å². The van der Waals surface area contributed by atoms with Gasteiger partial charge < -0.3 is 0 Å². The Morgan fingerprint density at radius 2 is 2.36 bits per heavy atom. The summed E-state index contributed by atoms with van der Waals surface area (Å²) >= 11 is 0. The van der Waals surface area contributed by atoms with E-state index in [-0.39, 0.29) is 5.78 Å². The van der Waals surface area contributed by atoms with Gasteiger partial charge in [-0.15, -0.1) is 0 Å². The van der Waals surface area contributed by atoms with E-state index in [0.717, 1.165) is 6.42 Å². The topological polar surface area (TPSA) is 17.1 Å². The number of carbonyl (C=O) groups excluding carboxylic acids is 1. The van der Waals surface area contributed by atoms with Gasteiger partial charge in [0.05, 0.1) is 0 Å². The van der Waals surface area contributed by atoms with Crippen molar-refractivity contribution in [1.29, 1.82) is 0 Å². The van der Waals surface area contributed by atoms with Crippen molar-refractivity contribution in [2.75, 3.05) is 0 Å². The van der Waals surface area contributed by atoms with Crippen LogP contribution in [-0.4, -0.2) is 5.78 Å². The van der Waals surface area contributed by atoms with Crippen molar-refractivity contribution in [3.63, 3.8) is 0 Å². The summed E-state index contributed by atoms with van der Waals surface area (Å²) in [5, 5.41) is 0. The van der Waals surface area contributed by atoms with E-state index in [1.807, 2.05) is 12.2 Å². The molecule has 2 aliphatic carbocycles. The summed E-state index contributed by atoms with van der Waals surface area (Å²) in [4.78, 5) is 11.1. The Kier molecular flexibility index (Phi) is 1.65. The highest BCUT2D eigenvalue weighted by Gasteiger charge is 2.20. The highest BCUT2D eigenvalue weighted by atomic mass is 16.1. The lowest BCUT2D eigenvalue weighted by atomic mass is 10.0. The third kappa shape index (κ3) is 1.28. The largest absolute Gasteiger partial charge is 0.295 e. The second-order valence-electron chi connectivity index (χ2n) is 3.32. The molecule has 1 atom stereocenters. The van der Waals surface area contributed by atoms with Crippen LogP contribution in [0.4, 0.5) is 0 Å². The first-order chi connectivity index (χ1) is 5.36. The number of hydrogen-bond acceptors (Lipinski definition) is 1. The van der Waals surface area contributed by atoms with Gasteiger partial charge in [-0.25, -0.2) is 0 Å². The van der Waals surface area contributed by atoms with Crippen LogP contribution in [0, 0.1) is 5.92 Å². The third-order valence-electron chi connectivity index (χ3n) is 2.49. The van der Waals surface area contributed by atoms with Gasteiger partial charge in [-0.2, -0.15) is 0 Å². The van der Waals surface area contributed by atoms with Crippen LogP contribution < -0.4 is 0 Å². The molecule has 1 saturated carbocycles. The molecule has 0 N–H and O–H groups in total. The first kappa shape index (κ1) is 6.84. The van der Waals surface area contributed by atoms with Gasteiger partial charge in [-0.1, -0.05) is 17.7 Å². The zero-order valence-corrected chi connectivity index (χ0v) is 6.55. The lowest BCUT2D eigenvalue weighted by molar-refractivity contribution is -0.113. The molecule has 0 spiro atoms. The minimum Gasteiger partial charge on any atom is -0.295 e. The van der Waals surface area contributed by atoms with E-state index in [1.54, 1.807) is 0 Å². The molecular weight excluding hydrogens is 136 g/mol. The molecule has 1 heteroatoms. The van der Waals surface area contributed by atoms with E-state index < -0.39 is 0 Å². The monoisotopic (exact) mass is 148 g/mol. The Bertz CT molecular complexity index is 235. The summed E-state index contributed by atoms with van der Waals surface area (Å²) < 4.78 is 0. The van der Waals surface area contributed by atoms with Crippen LogP contribution in [0.25, 0.3) is 0 Å². The molecule has 0 unspecified atom stereocenters. The standard InChI is InChI=1S/C10H12O/c11-10-6-2-4-8-3-1-5-9(8)7-10/h2,4,7-8H,1,3,5-6H2/t8-/m1/s1. The molecule has 0 aromatic heterocycles. The second kappa shape index (κ2) is 2.65. The maximum Gasteiger partial charge on any atom is 0.159 e. The van der Waals surface area contributed by atoms with Crippen molar-refractivity contribution in [2.24, 2.45) is 5.92 Å². The SMILES string of the molecule is O=C1C=C2CCC[C@@H]2C=CC1. The molecule has 1 nitrogen and oxygen atoms in total. The summed E-state index contributed by atoms with van der Waals surface area (Å²) in [7, 11) is 0. The van der Waals surface area contributed by atoms with Gasteiger partial charge in [0.15, 0.2) is 5.78 Å². The number of carbonyl (C=O) groups is 1. The summed E-state index contributed by atoms with van der Waals surface area (Å²) in [6.07, 6.45) is 10.3. The van der Waals surface area contributed by atoms with E-state index in [9.17, 15) is 4.79 Å². The molecule has 2 aliphatic rings. The summed E-state index contributed by atoms with van der Waals surface area (Å²) in [6, 6.07) is 0. The van der Waals surface area contributed by atoms with Crippen molar-refractivity contribution in [2.45, 2.75) is 25.7 Å². The van der Waals surface area contributed by atoms with Gasteiger partial charge in [0, 0.05) is 6.42 Å². The van der Waals surface area contributed by atoms with Crippen molar-refractivity contribution < 1.29 is 4.79 Å². The smallest absolute Gasteiger partial charge is 0.159 e. The molecule has 11 heavy (non-hydrogen) atoms. The summed E-state index contributed by atoms with van der Waals surface area (Å²) in [5.41, 5.74) is 1.36. The molecule has 1 fully saturated rings. The molecule has 2 rings (SSSR count). The maximum absolute atomic E-state index is 11.1. The van der Waals surface area contributed by atoms with Crippen LogP contribution in [0.5, 0.6) is 0 Å². The normalized spacial score (nSPS) is 29.6. The zero-order chi connectivity index (χ0) is 7.68. The van der Waals surface area contributed by atoms with Crippen molar-refractivity contribution in [1.82, 2.24) is 0 Å². The quantitative estimate of drug-likeness (QED) is 0.481. The van der Waals surface area contributed by atoms with E-state index >= 15 is 0 Å². The lowest BCUT2D eigenvalue weighted by Crippen LogP contribution is -1.92. The number of allylic oxidation sites excluding steroid dienone is 4. The van der Waals surface area contributed by atoms with Gasteiger partial charge in [0.1, 0.15) is 0 Å². The molecule has 0 aromatic rings. The lowest BCUT2D eigenvalue weighted by Gasteiger charge is -2.01. The fourth-order valence-electron chi connectivity index (χ4n) is 1.91. The van der Waals surface area contributed by atoms with Crippen LogP contribution in [0.15, 0.2) is 23.8 Å². The number of hydrogen-bond donors (Lipinski definition) is 0. The van der Waals surface area contributed by atoms with Crippen LogP contribution >= 0.6 is 0 Å². The highest BCUT2D eigenvalue weighted by Crippen LogP contribution is 2.33.